The molecule has 0 bridgehead atoms. The summed E-state index contributed by atoms with van der Waals surface area (Å²) in [6.07, 6.45) is 3.68. The number of amides is 1. The average Bonchev–Trinajstić information content (AvgIpc) is 3.37. The number of nitrogens with zero attached hydrogens (tertiary/aromatic N) is 4. The Morgan fingerprint density at radius 3 is 2.63 bits per heavy atom. The van der Waals surface area contributed by atoms with Gasteiger partial charge in [0.15, 0.2) is 0 Å². The molecule has 3 aromatic rings. The van der Waals surface area contributed by atoms with E-state index >= 15 is 0 Å². The molecule has 4 rings (SSSR count). The van der Waals surface area contributed by atoms with Crippen LogP contribution in [0.1, 0.15) is 34.0 Å². The van der Waals surface area contributed by atoms with Crippen LogP contribution in [0.5, 0.6) is 5.75 Å². The van der Waals surface area contributed by atoms with Crippen molar-refractivity contribution in [1.82, 2.24) is 18.8 Å². The summed E-state index contributed by atoms with van der Waals surface area (Å²) in [5.41, 5.74) is 3.90. The van der Waals surface area contributed by atoms with Gasteiger partial charge in [-0.05, 0) is 67.3 Å². The molecule has 0 radical (unpaired) electrons. The molecule has 1 unspecified atom stereocenters. The van der Waals surface area contributed by atoms with Crippen molar-refractivity contribution in [3.63, 3.8) is 0 Å². The van der Waals surface area contributed by atoms with Crippen LogP contribution < -0.4 is 4.74 Å². The Bertz CT molecular complexity index is 1420. The Morgan fingerprint density at radius 1 is 1.18 bits per heavy atom. The molecule has 1 aromatic carbocycles. The number of ether oxygens (including phenoxy) is 2. The quantitative estimate of drug-likeness (QED) is 0.292. The lowest BCUT2D eigenvalue weighted by Crippen LogP contribution is -2.44. The fraction of sp³-hybridized carbons (Fsp3) is 0.407. The number of likely N-dealkylation sites (N-methyl/N-ethyl adjacent to an activating group) is 1. The van der Waals surface area contributed by atoms with Crippen LogP contribution in [0.25, 0.3) is 0 Å². The predicted molar refractivity (Wildman–Crippen MR) is 145 cm³/mol. The first-order chi connectivity index (χ1) is 18.1. The van der Waals surface area contributed by atoms with Gasteiger partial charge in [0.2, 0.25) is 15.9 Å². The number of carbonyl (C=O) groups excluding carboxylic acids is 1. The van der Waals surface area contributed by atoms with Crippen molar-refractivity contribution in [3.05, 3.63) is 75.8 Å². The molecule has 11 heteroatoms. The Balaban J connectivity index is 1.41. The highest BCUT2D eigenvalue weighted by Gasteiger charge is 2.32. The van der Waals surface area contributed by atoms with Crippen molar-refractivity contribution >= 4 is 27.5 Å². The smallest absolute Gasteiger partial charge is 0.249 e. The largest absolute Gasteiger partial charge is 0.496 e. The molecule has 0 N–H and O–H groups in total. The van der Waals surface area contributed by atoms with Gasteiger partial charge in [-0.2, -0.15) is 4.31 Å². The summed E-state index contributed by atoms with van der Waals surface area (Å²) in [4.78, 5) is 19.5. The van der Waals surface area contributed by atoms with Crippen molar-refractivity contribution < 1.29 is 22.7 Å². The molecule has 0 saturated heterocycles. The number of fused-ring (bicyclic) bond motifs is 1. The van der Waals surface area contributed by atoms with Crippen molar-refractivity contribution in [2.75, 3.05) is 40.5 Å². The Kier molecular flexibility index (Phi) is 8.46. The van der Waals surface area contributed by atoms with Crippen molar-refractivity contribution in [2.24, 2.45) is 0 Å². The lowest BCUT2D eigenvalue weighted by Gasteiger charge is -2.37. The zero-order chi connectivity index (χ0) is 27.6. The summed E-state index contributed by atoms with van der Waals surface area (Å²) in [6, 6.07) is 8.95. The maximum atomic E-state index is 13.4. The number of hydrogen-bond donors (Lipinski definition) is 0. The van der Waals surface area contributed by atoms with E-state index in [0.717, 1.165) is 16.8 Å². The molecular weight excluding hydrogens is 528 g/mol. The van der Waals surface area contributed by atoms with Gasteiger partial charge in [-0.15, -0.1) is 0 Å². The number of aromatic nitrogens is 2. The van der Waals surface area contributed by atoms with Crippen LogP contribution in [0.4, 0.5) is 0 Å². The van der Waals surface area contributed by atoms with Gasteiger partial charge in [0, 0.05) is 44.8 Å². The molecule has 38 heavy (non-hydrogen) atoms. The van der Waals surface area contributed by atoms with Gasteiger partial charge in [0.05, 0.1) is 24.7 Å². The minimum absolute atomic E-state index is 0.0755. The number of benzene rings is 1. The molecule has 0 aliphatic carbocycles. The summed E-state index contributed by atoms with van der Waals surface area (Å²) < 4.78 is 41.1. The van der Waals surface area contributed by atoms with Gasteiger partial charge < -0.3 is 18.9 Å². The fourth-order valence-corrected chi connectivity index (χ4v) is 6.64. The number of aryl methyl sites for hydroxylation is 1. The number of carbonyl (C=O) groups is 1. The van der Waals surface area contributed by atoms with Crippen LogP contribution >= 0.6 is 11.6 Å². The molecule has 0 saturated carbocycles. The second kappa shape index (κ2) is 11.4. The highest BCUT2D eigenvalue weighted by molar-refractivity contribution is 7.89. The zero-order valence-electron chi connectivity index (χ0n) is 22.3. The van der Waals surface area contributed by atoms with Gasteiger partial charge in [-0.3, -0.25) is 4.79 Å². The number of methoxy groups -OCH3 is 1. The normalized spacial score (nSPS) is 15.6. The van der Waals surface area contributed by atoms with Gasteiger partial charge in [0.25, 0.3) is 0 Å². The highest BCUT2D eigenvalue weighted by Crippen LogP contribution is 2.33. The summed E-state index contributed by atoms with van der Waals surface area (Å²) >= 11 is 5.98. The van der Waals surface area contributed by atoms with E-state index < -0.39 is 10.0 Å². The van der Waals surface area contributed by atoms with Crippen molar-refractivity contribution in [1.29, 1.82) is 0 Å². The monoisotopic (exact) mass is 560 g/mol. The van der Waals surface area contributed by atoms with Gasteiger partial charge >= 0.3 is 0 Å². The third-order valence-corrected chi connectivity index (χ3v) is 9.44. The van der Waals surface area contributed by atoms with Gasteiger partial charge in [0.1, 0.15) is 17.5 Å². The summed E-state index contributed by atoms with van der Waals surface area (Å²) in [6.45, 7) is 6.58. The third kappa shape index (κ3) is 5.44. The summed E-state index contributed by atoms with van der Waals surface area (Å²) in [5, 5.41) is 0.385. The van der Waals surface area contributed by atoms with E-state index in [2.05, 4.69) is 9.55 Å². The average molecular weight is 561 g/mol. The Hall–Kier alpha value is -2.92. The van der Waals surface area contributed by atoms with E-state index in [9.17, 15) is 13.2 Å². The van der Waals surface area contributed by atoms with E-state index in [-0.39, 0.29) is 36.6 Å². The van der Waals surface area contributed by atoms with Crippen LogP contribution in [-0.2, 0) is 26.1 Å². The molecule has 204 valence electrons. The van der Waals surface area contributed by atoms with Crippen LogP contribution in [0.3, 0.4) is 0 Å². The SMILES string of the molecule is COc1cc(C)c(S(=O)(=O)N(C)CCOCC(=O)N2CCn3cccc3C2c2ccc(Cl)nc2)c(C)c1C. The standard InChI is InChI=1S/C27H33ClN4O5S/c1-18-15-23(36-5)19(2)20(3)27(18)38(34,35)30(4)13-14-37-17-25(33)32-12-11-31-10-6-7-22(31)26(32)21-8-9-24(28)29-16-21/h6-10,15-16,26H,11-14,17H2,1-5H3. The molecule has 3 heterocycles. The molecule has 1 aliphatic rings. The second-order valence-corrected chi connectivity index (χ2v) is 11.8. The minimum Gasteiger partial charge on any atom is -0.496 e. The molecule has 9 nitrogen and oxygen atoms in total. The van der Waals surface area contributed by atoms with Gasteiger partial charge in [-0.25, -0.2) is 13.4 Å². The maximum absolute atomic E-state index is 13.4. The van der Waals surface area contributed by atoms with E-state index in [1.807, 2.05) is 31.3 Å². The lowest BCUT2D eigenvalue weighted by molar-refractivity contribution is -0.138. The van der Waals surface area contributed by atoms with Crippen LogP contribution in [0.2, 0.25) is 5.15 Å². The van der Waals surface area contributed by atoms with E-state index in [0.29, 0.717) is 35.1 Å². The Morgan fingerprint density at radius 2 is 1.95 bits per heavy atom. The maximum Gasteiger partial charge on any atom is 0.249 e. The fourth-order valence-electron chi connectivity index (χ4n) is 4.89. The zero-order valence-corrected chi connectivity index (χ0v) is 23.8. The van der Waals surface area contributed by atoms with Crippen LogP contribution in [0, 0.1) is 20.8 Å². The molecular formula is C27H33ClN4O5S. The predicted octanol–water partition coefficient (Wildman–Crippen LogP) is 3.74. The van der Waals surface area contributed by atoms with Gasteiger partial charge in [-0.1, -0.05) is 17.7 Å². The topological polar surface area (TPSA) is 94.0 Å². The first-order valence-corrected chi connectivity index (χ1v) is 14.1. The van der Waals surface area contributed by atoms with Crippen molar-refractivity contribution in [2.45, 2.75) is 38.3 Å². The number of hydrogen-bond acceptors (Lipinski definition) is 6. The number of halogens is 1. The van der Waals surface area contributed by atoms with E-state index in [4.69, 9.17) is 21.1 Å². The first-order valence-electron chi connectivity index (χ1n) is 12.3. The lowest BCUT2D eigenvalue weighted by atomic mass is 10.0. The highest BCUT2D eigenvalue weighted by atomic mass is 35.5. The van der Waals surface area contributed by atoms with Crippen molar-refractivity contribution in [3.8, 4) is 5.75 Å². The molecule has 2 aromatic heterocycles. The number of pyridine rings is 1. The summed E-state index contributed by atoms with van der Waals surface area (Å²) in [7, 11) is -0.682. The third-order valence-electron chi connectivity index (χ3n) is 7.07. The molecule has 1 atom stereocenters. The minimum atomic E-state index is -3.76. The second-order valence-electron chi connectivity index (χ2n) is 9.38. The van der Waals surface area contributed by atoms with E-state index in [1.54, 1.807) is 44.2 Å². The van der Waals surface area contributed by atoms with E-state index in [1.165, 1.54) is 11.4 Å². The molecule has 1 aliphatic heterocycles. The molecule has 1 amide bonds. The first kappa shape index (κ1) is 28.1. The summed E-state index contributed by atoms with van der Waals surface area (Å²) in [5.74, 6) is 0.474. The van der Waals surface area contributed by atoms with Crippen LogP contribution in [0.15, 0.2) is 47.6 Å². The van der Waals surface area contributed by atoms with Crippen LogP contribution in [-0.4, -0.2) is 73.5 Å². The Labute approximate surface area is 229 Å². The number of rotatable bonds is 9. The molecule has 0 spiro atoms. The number of sulfonamides is 1. The molecule has 0 fully saturated rings.